The van der Waals surface area contributed by atoms with E-state index in [0.29, 0.717) is 44.1 Å². The van der Waals surface area contributed by atoms with Gasteiger partial charge in [0.15, 0.2) is 0 Å². The molecule has 51 heavy (non-hydrogen) atoms. The molecule has 3 aliphatic rings. The SMILES string of the molecule is C=CCCC(=O)N[C@@H](COC)[C@@H](OC(=O)[C@@H]1[C@H]2C(=O)N(CCCCO)[C@H](C(=O)N(CC=C)C(C)(C)CC(C)(C)C)[C@]23CC[C@H]1O3)c1ccccc1. The fraction of sp³-hybridized carbons (Fsp3) is 0.650. The molecule has 0 aliphatic carbocycles. The number of hydrogen-bond acceptors (Lipinski definition) is 8. The minimum Gasteiger partial charge on any atom is -0.455 e. The number of fused-ring (bicyclic) bond motifs is 1. The van der Waals surface area contributed by atoms with Crippen molar-refractivity contribution < 1.29 is 38.5 Å². The van der Waals surface area contributed by atoms with Gasteiger partial charge in [-0.2, -0.15) is 0 Å². The Hall–Kier alpha value is -3.54. The summed E-state index contributed by atoms with van der Waals surface area (Å²) < 4.78 is 18.5. The molecule has 4 rings (SSSR count). The fourth-order valence-corrected chi connectivity index (χ4v) is 8.77. The number of amides is 3. The molecule has 0 radical (unpaired) electrons. The maximum atomic E-state index is 14.9. The summed E-state index contributed by atoms with van der Waals surface area (Å²) in [7, 11) is 1.51. The van der Waals surface area contributed by atoms with Gasteiger partial charge >= 0.3 is 5.97 Å². The van der Waals surface area contributed by atoms with Crippen molar-refractivity contribution >= 4 is 23.7 Å². The maximum Gasteiger partial charge on any atom is 0.313 e. The zero-order valence-corrected chi connectivity index (χ0v) is 31.4. The number of benzene rings is 1. The van der Waals surface area contributed by atoms with Crippen molar-refractivity contribution in [3.8, 4) is 0 Å². The number of carbonyl (C=O) groups excluding carboxylic acids is 4. The number of aliphatic hydroxyl groups excluding tert-OH is 1. The normalized spacial score (nSPS) is 25.2. The second-order valence-electron chi connectivity index (χ2n) is 16.0. The number of allylic oxidation sites excluding steroid dienone is 1. The van der Waals surface area contributed by atoms with Crippen LogP contribution in [0.15, 0.2) is 55.6 Å². The second kappa shape index (κ2) is 16.9. The molecule has 3 heterocycles. The number of ether oxygens (including phenoxy) is 3. The Bertz CT molecular complexity index is 1410. The molecule has 3 fully saturated rings. The zero-order chi connectivity index (χ0) is 37.6. The maximum absolute atomic E-state index is 14.9. The first kappa shape index (κ1) is 40.2. The van der Waals surface area contributed by atoms with Gasteiger partial charge in [0.1, 0.15) is 17.7 Å². The molecule has 2 N–H and O–H groups in total. The van der Waals surface area contributed by atoms with Gasteiger partial charge in [0, 0.05) is 38.8 Å². The van der Waals surface area contributed by atoms with Crippen LogP contribution in [0.4, 0.5) is 0 Å². The number of nitrogens with zero attached hydrogens (tertiary/aromatic N) is 2. The van der Waals surface area contributed by atoms with Gasteiger partial charge in [-0.1, -0.05) is 63.3 Å². The van der Waals surface area contributed by atoms with Crippen molar-refractivity contribution in [2.75, 3.05) is 33.4 Å². The topological polar surface area (TPSA) is 135 Å². The highest BCUT2D eigenvalue weighted by atomic mass is 16.6. The Morgan fingerprint density at radius 1 is 1.14 bits per heavy atom. The van der Waals surface area contributed by atoms with E-state index in [1.54, 1.807) is 22.0 Å². The van der Waals surface area contributed by atoms with E-state index in [4.69, 9.17) is 14.2 Å². The lowest BCUT2D eigenvalue weighted by Gasteiger charge is -2.45. The summed E-state index contributed by atoms with van der Waals surface area (Å²) >= 11 is 0. The van der Waals surface area contributed by atoms with Gasteiger partial charge in [0.05, 0.1) is 30.6 Å². The Labute approximate surface area is 303 Å². The minimum atomic E-state index is -1.22. The van der Waals surface area contributed by atoms with Gasteiger partial charge in [-0.05, 0) is 63.4 Å². The van der Waals surface area contributed by atoms with Crippen LogP contribution in [-0.2, 0) is 33.4 Å². The van der Waals surface area contributed by atoms with Gasteiger partial charge in [0.2, 0.25) is 17.7 Å². The van der Waals surface area contributed by atoms with Crippen molar-refractivity contribution in [3.63, 3.8) is 0 Å². The number of carbonyl (C=O) groups is 4. The molecule has 0 saturated carbocycles. The predicted octanol–water partition coefficient (Wildman–Crippen LogP) is 4.74. The highest BCUT2D eigenvalue weighted by Gasteiger charge is 2.75. The summed E-state index contributed by atoms with van der Waals surface area (Å²) in [5, 5.41) is 12.6. The van der Waals surface area contributed by atoms with E-state index in [9.17, 15) is 24.3 Å². The van der Waals surface area contributed by atoms with E-state index >= 15 is 0 Å². The number of aliphatic hydroxyl groups is 1. The summed E-state index contributed by atoms with van der Waals surface area (Å²) in [4.78, 5) is 60.3. The van der Waals surface area contributed by atoms with E-state index in [-0.39, 0.29) is 55.9 Å². The molecule has 7 atom stereocenters. The Morgan fingerprint density at radius 3 is 2.45 bits per heavy atom. The van der Waals surface area contributed by atoms with Gasteiger partial charge in [0.25, 0.3) is 0 Å². The molecular weight excluding hydrogens is 650 g/mol. The highest BCUT2D eigenvalue weighted by molar-refractivity contribution is 5.98. The number of unbranched alkanes of at least 4 members (excludes halogenated alkanes) is 1. The summed E-state index contributed by atoms with van der Waals surface area (Å²) in [6.07, 6.45) is 5.11. The molecule has 11 heteroatoms. The van der Waals surface area contributed by atoms with Crippen LogP contribution in [0.5, 0.6) is 0 Å². The van der Waals surface area contributed by atoms with Crippen LogP contribution in [0.3, 0.4) is 0 Å². The summed E-state index contributed by atoms with van der Waals surface area (Å²) in [6.45, 7) is 18.6. The summed E-state index contributed by atoms with van der Waals surface area (Å²) in [5.74, 6) is -3.28. The van der Waals surface area contributed by atoms with Crippen LogP contribution in [0, 0.1) is 17.3 Å². The van der Waals surface area contributed by atoms with E-state index in [1.165, 1.54) is 7.11 Å². The molecule has 0 unspecified atom stereocenters. The van der Waals surface area contributed by atoms with Crippen molar-refractivity contribution in [1.82, 2.24) is 15.1 Å². The van der Waals surface area contributed by atoms with Crippen molar-refractivity contribution in [2.45, 2.75) is 115 Å². The first-order valence-corrected chi connectivity index (χ1v) is 18.3. The molecule has 3 saturated heterocycles. The molecule has 0 aromatic heterocycles. The number of hydrogen-bond donors (Lipinski definition) is 2. The van der Waals surface area contributed by atoms with Crippen molar-refractivity contribution in [3.05, 3.63) is 61.2 Å². The minimum absolute atomic E-state index is 0.0441. The quantitative estimate of drug-likeness (QED) is 0.120. The van der Waals surface area contributed by atoms with Crippen LogP contribution in [-0.4, -0.2) is 101 Å². The third kappa shape index (κ3) is 8.75. The number of rotatable bonds is 19. The van der Waals surface area contributed by atoms with E-state index in [1.807, 2.05) is 44.2 Å². The van der Waals surface area contributed by atoms with Gasteiger partial charge in [-0.15, -0.1) is 13.2 Å². The number of methoxy groups -OCH3 is 1. The smallest absolute Gasteiger partial charge is 0.313 e. The third-order valence-electron chi connectivity index (χ3n) is 10.4. The van der Waals surface area contributed by atoms with Gasteiger partial charge in [-0.25, -0.2) is 0 Å². The molecule has 1 aromatic rings. The van der Waals surface area contributed by atoms with E-state index in [2.05, 4.69) is 39.2 Å². The third-order valence-corrected chi connectivity index (χ3v) is 10.4. The Morgan fingerprint density at radius 2 is 1.84 bits per heavy atom. The Balaban J connectivity index is 1.72. The lowest BCUT2D eigenvalue weighted by molar-refractivity contribution is -0.163. The number of esters is 1. The molecule has 11 nitrogen and oxygen atoms in total. The second-order valence-corrected chi connectivity index (χ2v) is 16.0. The Kier molecular flexibility index (Phi) is 13.3. The van der Waals surface area contributed by atoms with Gasteiger partial charge in [-0.3, -0.25) is 19.2 Å². The van der Waals surface area contributed by atoms with E-state index < -0.39 is 53.2 Å². The van der Waals surface area contributed by atoms with E-state index in [0.717, 1.165) is 0 Å². The summed E-state index contributed by atoms with van der Waals surface area (Å²) in [5.41, 5.74) is -1.23. The number of likely N-dealkylation sites (tertiary alicyclic amines) is 1. The average Bonchev–Trinajstić information content (AvgIpc) is 3.71. The van der Waals surface area contributed by atoms with Crippen LogP contribution < -0.4 is 5.32 Å². The van der Waals surface area contributed by atoms with Crippen LogP contribution in [0.1, 0.15) is 91.2 Å². The summed E-state index contributed by atoms with van der Waals surface area (Å²) in [6, 6.07) is 7.47. The predicted molar refractivity (Wildman–Crippen MR) is 194 cm³/mol. The first-order valence-electron chi connectivity index (χ1n) is 18.3. The zero-order valence-electron chi connectivity index (χ0n) is 31.4. The largest absolute Gasteiger partial charge is 0.455 e. The lowest BCUT2D eigenvalue weighted by atomic mass is 9.70. The number of nitrogens with one attached hydrogen (secondary N) is 1. The van der Waals surface area contributed by atoms with Crippen LogP contribution in [0.25, 0.3) is 0 Å². The molecule has 2 bridgehead atoms. The molecular formula is C40H59N3O8. The molecule has 1 spiro atoms. The molecule has 3 amide bonds. The van der Waals surface area contributed by atoms with Crippen molar-refractivity contribution in [1.29, 1.82) is 0 Å². The molecule has 1 aromatic carbocycles. The standard InChI is InChI=1S/C40H59N3O8/c1-9-11-19-30(45)41-28(25-49-8)33(27-17-13-12-14-18-27)50-37(48)31-29-20-21-40(51-29)32(31)35(46)42(23-15-16-24-44)34(40)36(47)43(22-10-2)39(6,7)26-38(3,4)5/h9-10,12-14,17-18,28-29,31-34,44H,1-2,11,15-16,19-26H2,3-8H3,(H,41,45)/t28-,29+,31-,32-,33-,34+,40-/m0/s1. The highest BCUT2D eigenvalue weighted by Crippen LogP contribution is 2.59. The molecule has 282 valence electrons. The fourth-order valence-electron chi connectivity index (χ4n) is 8.77. The van der Waals surface area contributed by atoms with Gasteiger partial charge < -0.3 is 34.4 Å². The van der Waals surface area contributed by atoms with Crippen molar-refractivity contribution in [2.24, 2.45) is 17.3 Å². The van der Waals surface area contributed by atoms with Crippen LogP contribution >= 0.6 is 0 Å². The molecule has 3 aliphatic heterocycles. The monoisotopic (exact) mass is 709 g/mol. The van der Waals surface area contributed by atoms with Crippen LogP contribution in [0.2, 0.25) is 0 Å². The first-order chi connectivity index (χ1) is 24.2. The lowest BCUT2D eigenvalue weighted by Crippen LogP contribution is -2.61. The average molecular weight is 710 g/mol.